The number of nitrogens with zero attached hydrogens (tertiary/aromatic N) is 2. The molecular formula is C11H12N2O2. The van der Waals surface area contributed by atoms with Crippen LogP contribution in [0.15, 0.2) is 24.2 Å². The van der Waals surface area contributed by atoms with Crippen LogP contribution in [0.4, 0.5) is 0 Å². The maximum absolute atomic E-state index is 11.2. The first-order chi connectivity index (χ1) is 7.15. The molecule has 1 N–H and O–H groups in total. The Labute approximate surface area is 87.7 Å². The van der Waals surface area contributed by atoms with E-state index in [2.05, 4.69) is 9.97 Å². The lowest BCUT2D eigenvalue weighted by Crippen LogP contribution is -2.13. The zero-order valence-corrected chi connectivity index (χ0v) is 8.47. The van der Waals surface area contributed by atoms with Crippen molar-refractivity contribution in [2.45, 2.75) is 25.7 Å². The Bertz CT molecular complexity index is 409. The van der Waals surface area contributed by atoms with Crippen LogP contribution in [-0.2, 0) is 4.79 Å². The van der Waals surface area contributed by atoms with Gasteiger partial charge in [-0.2, -0.15) is 0 Å². The molecule has 4 heteroatoms. The predicted octanol–water partition coefficient (Wildman–Crippen LogP) is 1.67. The lowest BCUT2D eigenvalue weighted by atomic mass is 9.88. The third kappa shape index (κ3) is 2.21. The molecule has 0 spiro atoms. The van der Waals surface area contributed by atoms with Gasteiger partial charge < -0.3 is 5.11 Å². The molecular weight excluding hydrogens is 192 g/mol. The molecule has 0 amide bonds. The first-order valence-corrected chi connectivity index (χ1v) is 4.86. The maximum atomic E-state index is 11.2. The Morgan fingerprint density at radius 1 is 1.33 bits per heavy atom. The summed E-state index contributed by atoms with van der Waals surface area (Å²) in [6.07, 6.45) is 5.66. The van der Waals surface area contributed by atoms with Gasteiger partial charge in [-0.05, 0) is 12.5 Å². The SMILES string of the molecule is Cc1ncc(C2CC(=O)C=C(O)C2)cn1. The molecule has 1 atom stereocenters. The average Bonchev–Trinajstić information content (AvgIpc) is 2.17. The Hall–Kier alpha value is -1.71. The summed E-state index contributed by atoms with van der Waals surface area (Å²) in [6.45, 7) is 1.81. The third-order valence-electron chi connectivity index (χ3n) is 2.50. The van der Waals surface area contributed by atoms with E-state index < -0.39 is 0 Å². The fraction of sp³-hybridized carbons (Fsp3) is 0.364. The monoisotopic (exact) mass is 204 g/mol. The van der Waals surface area contributed by atoms with E-state index in [9.17, 15) is 9.90 Å². The van der Waals surface area contributed by atoms with E-state index in [1.807, 2.05) is 6.92 Å². The summed E-state index contributed by atoms with van der Waals surface area (Å²) >= 11 is 0. The minimum Gasteiger partial charge on any atom is -0.512 e. The van der Waals surface area contributed by atoms with Crippen LogP contribution in [0.1, 0.15) is 30.1 Å². The molecule has 0 aromatic carbocycles. The number of carbonyl (C=O) groups excluding carboxylic acids is 1. The van der Waals surface area contributed by atoms with Crippen LogP contribution in [0.5, 0.6) is 0 Å². The quantitative estimate of drug-likeness (QED) is 0.755. The van der Waals surface area contributed by atoms with Crippen molar-refractivity contribution < 1.29 is 9.90 Å². The first kappa shape index (κ1) is 9.83. The van der Waals surface area contributed by atoms with Crippen molar-refractivity contribution in [3.05, 3.63) is 35.6 Å². The van der Waals surface area contributed by atoms with Crippen molar-refractivity contribution >= 4 is 5.78 Å². The number of rotatable bonds is 1. The van der Waals surface area contributed by atoms with Crippen LogP contribution in [0.2, 0.25) is 0 Å². The van der Waals surface area contributed by atoms with E-state index in [0.29, 0.717) is 18.7 Å². The molecule has 1 unspecified atom stereocenters. The van der Waals surface area contributed by atoms with Gasteiger partial charge in [0.1, 0.15) is 5.82 Å². The first-order valence-electron chi connectivity index (χ1n) is 4.86. The molecule has 1 aliphatic carbocycles. The van der Waals surface area contributed by atoms with Crippen LogP contribution in [0, 0.1) is 6.92 Å². The standard InChI is InChI=1S/C11H12N2O2/c1-7-12-5-9(6-13-7)8-2-10(14)4-11(15)3-8/h4-6,8,14H,2-3H2,1H3. The lowest BCUT2D eigenvalue weighted by molar-refractivity contribution is -0.115. The van der Waals surface area contributed by atoms with Gasteiger partial charge in [-0.15, -0.1) is 0 Å². The molecule has 1 aromatic heterocycles. The summed E-state index contributed by atoms with van der Waals surface area (Å²) in [6, 6.07) is 0. The smallest absolute Gasteiger partial charge is 0.159 e. The molecule has 0 fully saturated rings. The number of ketones is 1. The van der Waals surface area contributed by atoms with E-state index in [1.54, 1.807) is 12.4 Å². The molecule has 78 valence electrons. The van der Waals surface area contributed by atoms with Gasteiger partial charge in [-0.3, -0.25) is 4.79 Å². The van der Waals surface area contributed by atoms with Crippen LogP contribution in [0.25, 0.3) is 0 Å². The van der Waals surface area contributed by atoms with Crippen molar-refractivity contribution in [1.82, 2.24) is 9.97 Å². The van der Waals surface area contributed by atoms with Gasteiger partial charge in [-0.25, -0.2) is 9.97 Å². The van der Waals surface area contributed by atoms with Crippen molar-refractivity contribution in [1.29, 1.82) is 0 Å². The van der Waals surface area contributed by atoms with Gasteiger partial charge >= 0.3 is 0 Å². The van der Waals surface area contributed by atoms with Gasteiger partial charge in [0, 0.05) is 37.2 Å². The number of aliphatic hydroxyl groups excluding tert-OH is 1. The topological polar surface area (TPSA) is 63.1 Å². The van der Waals surface area contributed by atoms with Gasteiger partial charge in [0.25, 0.3) is 0 Å². The maximum Gasteiger partial charge on any atom is 0.159 e. The van der Waals surface area contributed by atoms with E-state index in [4.69, 9.17) is 0 Å². The van der Waals surface area contributed by atoms with Gasteiger partial charge in [-0.1, -0.05) is 0 Å². The second-order valence-corrected chi connectivity index (χ2v) is 3.77. The molecule has 0 radical (unpaired) electrons. The number of carbonyl (C=O) groups is 1. The highest BCUT2D eigenvalue weighted by Gasteiger charge is 2.22. The summed E-state index contributed by atoms with van der Waals surface area (Å²) < 4.78 is 0. The average molecular weight is 204 g/mol. The van der Waals surface area contributed by atoms with Crippen molar-refractivity contribution in [3.63, 3.8) is 0 Å². The number of aromatic nitrogens is 2. The number of hydrogen-bond donors (Lipinski definition) is 1. The highest BCUT2D eigenvalue weighted by atomic mass is 16.3. The Balaban J connectivity index is 2.22. The Morgan fingerprint density at radius 3 is 2.60 bits per heavy atom. The number of hydrogen-bond acceptors (Lipinski definition) is 4. The van der Waals surface area contributed by atoms with Gasteiger partial charge in [0.05, 0.1) is 5.76 Å². The second kappa shape index (κ2) is 3.81. The van der Waals surface area contributed by atoms with E-state index >= 15 is 0 Å². The summed E-state index contributed by atoms with van der Waals surface area (Å²) in [5, 5.41) is 9.37. The fourth-order valence-corrected chi connectivity index (χ4v) is 1.72. The van der Waals surface area contributed by atoms with Crippen molar-refractivity contribution in [3.8, 4) is 0 Å². The summed E-state index contributed by atoms with van der Waals surface area (Å²) in [7, 11) is 0. The second-order valence-electron chi connectivity index (χ2n) is 3.77. The Kier molecular flexibility index (Phi) is 2.49. The summed E-state index contributed by atoms with van der Waals surface area (Å²) in [5.41, 5.74) is 0.911. The molecule has 2 rings (SSSR count). The van der Waals surface area contributed by atoms with Crippen LogP contribution in [0.3, 0.4) is 0 Å². The summed E-state index contributed by atoms with van der Waals surface area (Å²) in [5.74, 6) is 0.838. The molecule has 1 aliphatic rings. The third-order valence-corrected chi connectivity index (χ3v) is 2.50. The highest BCUT2D eigenvalue weighted by Crippen LogP contribution is 2.29. The lowest BCUT2D eigenvalue weighted by Gasteiger charge is -2.18. The van der Waals surface area contributed by atoms with Crippen LogP contribution in [-0.4, -0.2) is 20.9 Å². The van der Waals surface area contributed by atoms with E-state index in [0.717, 1.165) is 5.56 Å². The molecule has 1 heterocycles. The minimum absolute atomic E-state index is 0.0168. The number of aliphatic hydroxyl groups is 1. The van der Waals surface area contributed by atoms with E-state index in [-0.39, 0.29) is 17.5 Å². The molecule has 0 saturated heterocycles. The Morgan fingerprint density at radius 2 is 2.00 bits per heavy atom. The number of aryl methyl sites for hydroxylation is 1. The zero-order chi connectivity index (χ0) is 10.8. The van der Waals surface area contributed by atoms with Gasteiger partial charge in [0.2, 0.25) is 0 Å². The van der Waals surface area contributed by atoms with Crippen LogP contribution >= 0.6 is 0 Å². The molecule has 15 heavy (non-hydrogen) atoms. The molecule has 4 nitrogen and oxygen atoms in total. The predicted molar refractivity (Wildman–Crippen MR) is 54.5 cm³/mol. The number of allylic oxidation sites excluding steroid dienone is 2. The highest BCUT2D eigenvalue weighted by molar-refractivity contribution is 5.91. The summed E-state index contributed by atoms with van der Waals surface area (Å²) in [4.78, 5) is 19.4. The molecule has 0 bridgehead atoms. The fourth-order valence-electron chi connectivity index (χ4n) is 1.72. The van der Waals surface area contributed by atoms with Crippen LogP contribution < -0.4 is 0 Å². The largest absolute Gasteiger partial charge is 0.512 e. The minimum atomic E-state index is -0.0377. The van der Waals surface area contributed by atoms with Crippen molar-refractivity contribution in [2.24, 2.45) is 0 Å². The molecule has 0 saturated carbocycles. The molecule has 0 aliphatic heterocycles. The van der Waals surface area contributed by atoms with E-state index in [1.165, 1.54) is 6.08 Å². The van der Waals surface area contributed by atoms with Gasteiger partial charge in [0.15, 0.2) is 5.78 Å². The molecule has 1 aromatic rings. The van der Waals surface area contributed by atoms with Crippen molar-refractivity contribution in [2.75, 3.05) is 0 Å². The zero-order valence-electron chi connectivity index (χ0n) is 8.47. The normalized spacial score (nSPS) is 21.3.